The van der Waals surface area contributed by atoms with Gasteiger partial charge >= 0.3 is 0 Å². The van der Waals surface area contributed by atoms with Crippen LogP contribution in [-0.4, -0.2) is 17.2 Å². The summed E-state index contributed by atoms with van der Waals surface area (Å²) in [5, 5.41) is 14.0. The van der Waals surface area contributed by atoms with Crippen molar-refractivity contribution in [3.8, 4) is 0 Å². The number of hydrogen-bond donors (Lipinski definition) is 1. The lowest BCUT2D eigenvalue weighted by Crippen LogP contribution is -2.17. The summed E-state index contributed by atoms with van der Waals surface area (Å²) in [5.41, 5.74) is 1.20. The highest BCUT2D eigenvalue weighted by molar-refractivity contribution is 7.11. The average Bonchev–Trinajstić information content (AvgIpc) is 3.19. The summed E-state index contributed by atoms with van der Waals surface area (Å²) < 4.78 is 5.34. The molecule has 0 radical (unpaired) electrons. The van der Waals surface area contributed by atoms with Crippen LogP contribution in [0, 0.1) is 0 Å². The maximum Gasteiger partial charge on any atom is 0.139 e. The summed E-state index contributed by atoms with van der Waals surface area (Å²) in [6, 6.07) is 14.3. The van der Waals surface area contributed by atoms with Crippen LogP contribution in [0.2, 0.25) is 0 Å². The Bertz CT molecular complexity index is 664. The first-order valence-electron chi connectivity index (χ1n) is 6.93. The minimum Gasteiger partial charge on any atom is -0.469 e. The van der Waals surface area contributed by atoms with Gasteiger partial charge < -0.3 is 9.73 Å². The highest BCUT2D eigenvalue weighted by Crippen LogP contribution is 2.25. The molecular formula is C16H17N3OS. The largest absolute Gasteiger partial charge is 0.469 e. The molecule has 0 fully saturated rings. The summed E-state index contributed by atoms with van der Waals surface area (Å²) >= 11 is 1.66. The van der Waals surface area contributed by atoms with Crippen molar-refractivity contribution >= 4 is 11.3 Å². The van der Waals surface area contributed by atoms with Gasteiger partial charge in [-0.2, -0.15) is 0 Å². The van der Waals surface area contributed by atoms with E-state index in [2.05, 4.69) is 27.6 Å². The molecule has 3 aromatic rings. The van der Waals surface area contributed by atoms with Gasteiger partial charge in [-0.1, -0.05) is 41.7 Å². The number of nitrogens with zero attached hydrogens (tertiary/aromatic N) is 2. The van der Waals surface area contributed by atoms with Crippen LogP contribution in [0.5, 0.6) is 0 Å². The summed E-state index contributed by atoms with van der Waals surface area (Å²) in [5.74, 6) is 0.986. The standard InChI is InChI=1S/C16H17N3OS/c1-17-15(12-6-3-2-4-7-12)16-19-18-14(21-16)10-9-13-8-5-11-20-13/h2-8,11,15,17H,9-10H2,1H3. The van der Waals surface area contributed by atoms with Gasteiger partial charge in [-0.15, -0.1) is 10.2 Å². The van der Waals surface area contributed by atoms with Crippen molar-refractivity contribution in [1.82, 2.24) is 15.5 Å². The van der Waals surface area contributed by atoms with Crippen LogP contribution in [0.1, 0.15) is 27.4 Å². The van der Waals surface area contributed by atoms with Crippen LogP contribution in [0.3, 0.4) is 0 Å². The fourth-order valence-electron chi connectivity index (χ4n) is 2.25. The zero-order chi connectivity index (χ0) is 14.5. The Kier molecular flexibility index (Phi) is 4.43. The van der Waals surface area contributed by atoms with E-state index in [0.29, 0.717) is 0 Å². The predicted octanol–water partition coefficient (Wildman–Crippen LogP) is 3.23. The molecule has 21 heavy (non-hydrogen) atoms. The molecule has 0 aliphatic rings. The molecule has 0 spiro atoms. The van der Waals surface area contributed by atoms with Crippen molar-refractivity contribution < 1.29 is 4.42 Å². The van der Waals surface area contributed by atoms with Crippen molar-refractivity contribution in [1.29, 1.82) is 0 Å². The molecule has 0 aliphatic carbocycles. The van der Waals surface area contributed by atoms with Crippen LogP contribution in [0.25, 0.3) is 0 Å². The first kappa shape index (κ1) is 14.0. The Labute approximate surface area is 127 Å². The van der Waals surface area contributed by atoms with Crippen molar-refractivity contribution in [2.45, 2.75) is 18.9 Å². The van der Waals surface area contributed by atoms with Gasteiger partial charge in [0.15, 0.2) is 0 Å². The van der Waals surface area contributed by atoms with E-state index in [1.165, 1.54) is 5.56 Å². The lowest BCUT2D eigenvalue weighted by atomic mass is 10.1. The molecular weight excluding hydrogens is 282 g/mol. The fourth-order valence-corrected chi connectivity index (χ4v) is 3.23. The SMILES string of the molecule is CNC(c1ccccc1)c1nnc(CCc2ccco2)s1. The van der Waals surface area contributed by atoms with E-state index in [-0.39, 0.29) is 6.04 Å². The Hall–Kier alpha value is -1.98. The van der Waals surface area contributed by atoms with Gasteiger partial charge in [0.25, 0.3) is 0 Å². The molecule has 0 amide bonds. The van der Waals surface area contributed by atoms with Gasteiger partial charge in [0.05, 0.1) is 12.3 Å². The van der Waals surface area contributed by atoms with Gasteiger partial charge in [-0.3, -0.25) is 0 Å². The van der Waals surface area contributed by atoms with Crippen molar-refractivity contribution in [2.75, 3.05) is 7.05 Å². The van der Waals surface area contributed by atoms with Gasteiger partial charge in [0, 0.05) is 12.8 Å². The van der Waals surface area contributed by atoms with E-state index in [1.54, 1.807) is 17.6 Å². The van der Waals surface area contributed by atoms with E-state index in [1.807, 2.05) is 37.4 Å². The van der Waals surface area contributed by atoms with Crippen LogP contribution < -0.4 is 5.32 Å². The molecule has 2 aromatic heterocycles. The Morgan fingerprint density at radius 2 is 1.95 bits per heavy atom. The molecule has 0 saturated carbocycles. The number of rotatable bonds is 6. The predicted molar refractivity (Wildman–Crippen MR) is 83.4 cm³/mol. The minimum absolute atomic E-state index is 0.0982. The first-order valence-corrected chi connectivity index (χ1v) is 7.75. The van der Waals surface area contributed by atoms with Crippen LogP contribution in [0.4, 0.5) is 0 Å². The second-order valence-corrected chi connectivity index (χ2v) is 5.84. The highest BCUT2D eigenvalue weighted by Gasteiger charge is 2.16. The zero-order valence-corrected chi connectivity index (χ0v) is 12.6. The molecule has 1 atom stereocenters. The van der Waals surface area contributed by atoms with Gasteiger partial charge in [0.2, 0.25) is 0 Å². The molecule has 0 saturated heterocycles. The number of aryl methyl sites for hydroxylation is 2. The third-order valence-electron chi connectivity index (χ3n) is 3.32. The number of nitrogens with one attached hydrogen (secondary N) is 1. The molecule has 1 unspecified atom stereocenters. The summed E-state index contributed by atoms with van der Waals surface area (Å²) in [6.07, 6.45) is 3.42. The third kappa shape index (κ3) is 3.37. The van der Waals surface area contributed by atoms with E-state index < -0.39 is 0 Å². The summed E-state index contributed by atoms with van der Waals surface area (Å²) in [7, 11) is 1.95. The lowest BCUT2D eigenvalue weighted by Gasteiger charge is -2.12. The third-order valence-corrected chi connectivity index (χ3v) is 4.36. The molecule has 3 rings (SSSR count). The smallest absolute Gasteiger partial charge is 0.139 e. The minimum atomic E-state index is 0.0982. The molecule has 0 aliphatic heterocycles. The Morgan fingerprint density at radius 3 is 2.67 bits per heavy atom. The summed E-state index contributed by atoms with van der Waals surface area (Å²) in [6.45, 7) is 0. The topological polar surface area (TPSA) is 51.0 Å². The van der Waals surface area contributed by atoms with Crippen LogP contribution >= 0.6 is 11.3 Å². The Balaban J connectivity index is 1.71. The maximum atomic E-state index is 5.34. The highest BCUT2D eigenvalue weighted by atomic mass is 32.1. The van der Waals surface area contributed by atoms with E-state index in [9.17, 15) is 0 Å². The van der Waals surface area contributed by atoms with E-state index in [4.69, 9.17) is 4.42 Å². The number of furan rings is 1. The number of hydrogen-bond acceptors (Lipinski definition) is 5. The van der Waals surface area contributed by atoms with Crippen molar-refractivity contribution in [3.63, 3.8) is 0 Å². The summed E-state index contributed by atoms with van der Waals surface area (Å²) in [4.78, 5) is 0. The number of benzene rings is 1. The maximum absolute atomic E-state index is 5.34. The van der Waals surface area contributed by atoms with E-state index in [0.717, 1.165) is 28.6 Å². The molecule has 0 bridgehead atoms. The second kappa shape index (κ2) is 6.65. The lowest BCUT2D eigenvalue weighted by molar-refractivity contribution is 0.508. The van der Waals surface area contributed by atoms with Gasteiger partial charge in [0.1, 0.15) is 15.8 Å². The quantitative estimate of drug-likeness (QED) is 0.759. The normalized spacial score (nSPS) is 12.4. The van der Waals surface area contributed by atoms with Gasteiger partial charge in [-0.25, -0.2) is 0 Å². The molecule has 1 aromatic carbocycles. The second-order valence-electron chi connectivity index (χ2n) is 4.75. The van der Waals surface area contributed by atoms with Crippen LogP contribution in [-0.2, 0) is 12.8 Å². The van der Waals surface area contributed by atoms with Gasteiger partial charge in [-0.05, 0) is 24.7 Å². The first-order chi connectivity index (χ1) is 10.4. The number of aromatic nitrogens is 2. The molecule has 4 nitrogen and oxygen atoms in total. The molecule has 5 heteroatoms. The van der Waals surface area contributed by atoms with Crippen LogP contribution in [0.15, 0.2) is 53.1 Å². The van der Waals surface area contributed by atoms with E-state index >= 15 is 0 Å². The molecule has 2 heterocycles. The monoisotopic (exact) mass is 299 g/mol. The fraction of sp³-hybridized carbons (Fsp3) is 0.250. The zero-order valence-electron chi connectivity index (χ0n) is 11.8. The average molecular weight is 299 g/mol. The molecule has 108 valence electrons. The van der Waals surface area contributed by atoms with Crippen molar-refractivity contribution in [3.05, 3.63) is 70.1 Å². The molecule has 1 N–H and O–H groups in total. The Morgan fingerprint density at radius 1 is 1.10 bits per heavy atom. The van der Waals surface area contributed by atoms with Crippen molar-refractivity contribution in [2.24, 2.45) is 0 Å².